The number of hydrogen-bond donors (Lipinski definition) is 0. The molecule has 8 heteroatoms. The standard InChI is InChI=1S/C22H19F2N3O3/c1-26(11-13-5-8-19-20(9-13)30-12-29-19)22(28)21-15-3-2-4-18(15)27(25-21)14-6-7-16(23)17(24)10-14/h5-10H,2-4,11-12H2,1H3. The van der Waals surface area contributed by atoms with Gasteiger partial charge in [-0.2, -0.15) is 5.10 Å². The van der Waals surface area contributed by atoms with E-state index >= 15 is 0 Å². The molecule has 0 spiro atoms. The first kappa shape index (κ1) is 18.6. The second-order valence-corrected chi connectivity index (χ2v) is 7.49. The van der Waals surface area contributed by atoms with Gasteiger partial charge in [-0.3, -0.25) is 4.79 Å². The number of amides is 1. The van der Waals surface area contributed by atoms with Crippen molar-refractivity contribution in [1.82, 2.24) is 14.7 Å². The highest BCUT2D eigenvalue weighted by Crippen LogP contribution is 2.33. The minimum absolute atomic E-state index is 0.196. The van der Waals surface area contributed by atoms with E-state index in [-0.39, 0.29) is 12.7 Å². The molecule has 2 aliphatic rings. The molecule has 2 aromatic carbocycles. The number of halogens is 2. The summed E-state index contributed by atoms with van der Waals surface area (Å²) in [7, 11) is 1.71. The Kier molecular flexibility index (Phi) is 4.42. The first-order valence-corrected chi connectivity index (χ1v) is 9.71. The average molecular weight is 411 g/mol. The van der Waals surface area contributed by atoms with Crippen LogP contribution in [0.25, 0.3) is 5.69 Å². The minimum atomic E-state index is -0.942. The van der Waals surface area contributed by atoms with Crippen LogP contribution in [0.4, 0.5) is 8.78 Å². The van der Waals surface area contributed by atoms with E-state index in [1.165, 1.54) is 6.07 Å². The highest BCUT2D eigenvalue weighted by atomic mass is 19.2. The molecule has 2 heterocycles. The largest absolute Gasteiger partial charge is 0.454 e. The van der Waals surface area contributed by atoms with E-state index in [0.717, 1.165) is 48.2 Å². The van der Waals surface area contributed by atoms with Crippen LogP contribution in [-0.2, 0) is 19.4 Å². The average Bonchev–Trinajstić information content (AvgIpc) is 3.45. The normalized spacial score (nSPS) is 14.1. The maximum atomic E-state index is 13.7. The van der Waals surface area contributed by atoms with E-state index in [9.17, 15) is 13.6 Å². The fourth-order valence-corrected chi connectivity index (χ4v) is 4.01. The Hall–Kier alpha value is -3.42. The zero-order valence-corrected chi connectivity index (χ0v) is 16.3. The van der Waals surface area contributed by atoms with Gasteiger partial charge in [0, 0.05) is 30.9 Å². The summed E-state index contributed by atoms with van der Waals surface area (Å²) in [5, 5.41) is 4.48. The molecule has 154 valence electrons. The van der Waals surface area contributed by atoms with Crippen LogP contribution in [0.15, 0.2) is 36.4 Å². The molecule has 1 aliphatic heterocycles. The fraction of sp³-hybridized carbons (Fsp3) is 0.273. The summed E-state index contributed by atoms with van der Waals surface area (Å²) in [5.74, 6) is -0.718. The maximum Gasteiger partial charge on any atom is 0.274 e. The number of fused-ring (bicyclic) bond motifs is 2. The van der Waals surface area contributed by atoms with Gasteiger partial charge >= 0.3 is 0 Å². The van der Waals surface area contributed by atoms with Gasteiger partial charge in [0.25, 0.3) is 5.91 Å². The number of aromatic nitrogens is 2. The smallest absolute Gasteiger partial charge is 0.274 e. The van der Waals surface area contributed by atoms with Crippen molar-refractivity contribution in [3.05, 3.63) is 70.5 Å². The zero-order chi connectivity index (χ0) is 20.8. The number of nitrogens with zero attached hydrogens (tertiary/aromatic N) is 3. The third-order valence-corrected chi connectivity index (χ3v) is 5.48. The SMILES string of the molecule is CN(Cc1ccc2c(c1)OCO2)C(=O)c1nn(-c2ccc(F)c(F)c2)c2c1CCC2. The number of carbonyl (C=O) groups is 1. The molecule has 0 saturated carbocycles. The molecule has 1 amide bonds. The van der Waals surface area contributed by atoms with Crippen molar-refractivity contribution < 1.29 is 23.0 Å². The molecular weight excluding hydrogens is 392 g/mol. The molecule has 5 rings (SSSR count). The van der Waals surface area contributed by atoms with Crippen molar-refractivity contribution in [2.75, 3.05) is 13.8 Å². The molecule has 1 aromatic heterocycles. The van der Waals surface area contributed by atoms with Crippen LogP contribution < -0.4 is 9.47 Å². The van der Waals surface area contributed by atoms with Gasteiger partial charge < -0.3 is 14.4 Å². The Balaban J connectivity index is 1.43. The molecule has 0 atom stereocenters. The molecule has 0 saturated heterocycles. The second kappa shape index (κ2) is 7.12. The van der Waals surface area contributed by atoms with E-state index < -0.39 is 11.6 Å². The Morgan fingerprint density at radius 1 is 1.10 bits per heavy atom. The number of rotatable bonds is 4. The maximum absolute atomic E-state index is 13.7. The van der Waals surface area contributed by atoms with E-state index in [1.807, 2.05) is 18.2 Å². The predicted octanol–water partition coefficient (Wildman–Crippen LogP) is 3.64. The van der Waals surface area contributed by atoms with Gasteiger partial charge in [0.15, 0.2) is 28.8 Å². The molecule has 0 radical (unpaired) electrons. The lowest BCUT2D eigenvalue weighted by molar-refractivity contribution is 0.0777. The molecular formula is C22H19F2N3O3. The Morgan fingerprint density at radius 2 is 1.93 bits per heavy atom. The monoisotopic (exact) mass is 411 g/mol. The van der Waals surface area contributed by atoms with Crippen LogP contribution in [0.3, 0.4) is 0 Å². The van der Waals surface area contributed by atoms with E-state index in [4.69, 9.17) is 9.47 Å². The van der Waals surface area contributed by atoms with E-state index in [0.29, 0.717) is 29.4 Å². The van der Waals surface area contributed by atoms with Gasteiger partial charge in [-0.1, -0.05) is 6.07 Å². The molecule has 0 unspecified atom stereocenters. The summed E-state index contributed by atoms with van der Waals surface area (Å²) in [4.78, 5) is 14.8. The molecule has 6 nitrogen and oxygen atoms in total. The molecule has 3 aromatic rings. The zero-order valence-electron chi connectivity index (χ0n) is 16.3. The van der Waals surface area contributed by atoms with Gasteiger partial charge in [0.05, 0.1) is 5.69 Å². The predicted molar refractivity (Wildman–Crippen MR) is 104 cm³/mol. The highest BCUT2D eigenvalue weighted by Gasteiger charge is 2.29. The lowest BCUT2D eigenvalue weighted by Crippen LogP contribution is -2.27. The quantitative estimate of drug-likeness (QED) is 0.658. The van der Waals surface area contributed by atoms with Crippen molar-refractivity contribution in [2.45, 2.75) is 25.8 Å². The van der Waals surface area contributed by atoms with Crippen LogP contribution in [0.1, 0.15) is 33.7 Å². The minimum Gasteiger partial charge on any atom is -0.454 e. The van der Waals surface area contributed by atoms with Gasteiger partial charge in [-0.05, 0) is 49.1 Å². The van der Waals surface area contributed by atoms with Gasteiger partial charge in [-0.15, -0.1) is 0 Å². The summed E-state index contributed by atoms with van der Waals surface area (Å²) in [6.45, 7) is 0.573. The summed E-state index contributed by atoms with van der Waals surface area (Å²) in [6, 6.07) is 9.21. The highest BCUT2D eigenvalue weighted by molar-refractivity contribution is 5.94. The van der Waals surface area contributed by atoms with Crippen molar-refractivity contribution in [1.29, 1.82) is 0 Å². The number of hydrogen-bond acceptors (Lipinski definition) is 4. The number of benzene rings is 2. The van der Waals surface area contributed by atoms with Crippen LogP contribution in [0.5, 0.6) is 11.5 Å². The first-order chi connectivity index (χ1) is 14.5. The van der Waals surface area contributed by atoms with Crippen LogP contribution >= 0.6 is 0 Å². The molecule has 1 aliphatic carbocycles. The topological polar surface area (TPSA) is 56.6 Å². The number of carbonyl (C=O) groups excluding carboxylic acids is 1. The Labute approximate surface area is 171 Å². The van der Waals surface area contributed by atoms with Gasteiger partial charge in [-0.25, -0.2) is 13.5 Å². The second-order valence-electron chi connectivity index (χ2n) is 7.49. The van der Waals surface area contributed by atoms with E-state index in [1.54, 1.807) is 16.6 Å². The van der Waals surface area contributed by atoms with Crippen LogP contribution in [0.2, 0.25) is 0 Å². The van der Waals surface area contributed by atoms with Crippen LogP contribution in [-0.4, -0.2) is 34.4 Å². The number of ether oxygens (including phenoxy) is 2. The summed E-state index contributed by atoms with van der Waals surface area (Å²) in [5.41, 5.74) is 3.43. The van der Waals surface area contributed by atoms with E-state index in [2.05, 4.69) is 5.10 Å². The molecule has 30 heavy (non-hydrogen) atoms. The molecule has 0 bridgehead atoms. The van der Waals surface area contributed by atoms with Crippen molar-refractivity contribution in [2.24, 2.45) is 0 Å². The van der Waals surface area contributed by atoms with Gasteiger partial charge in [0.2, 0.25) is 6.79 Å². The molecule has 0 fully saturated rings. The third kappa shape index (κ3) is 3.08. The van der Waals surface area contributed by atoms with Crippen molar-refractivity contribution >= 4 is 5.91 Å². The van der Waals surface area contributed by atoms with Crippen molar-refractivity contribution in [3.8, 4) is 17.2 Å². The van der Waals surface area contributed by atoms with Crippen molar-refractivity contribution in [3.63, 3.8) is 0 Å². The summed E-state index contributed by atoms with van der Waals surface area (Å²) in [6.07, 6.45) is 2.36. The summed E-state index contributed by atoms with van der Waals surface area (Å²) >= 11 is 0. The van der Waals surface area contributed by atoms with Gasteiger partial charge in [0.1, 0.15) is 0 Å². The van der Waals surface area contributed by atoms with Crippen LogP contribution in [0, 0.1) is 11.6 Å². The lowest BCUT2D eigenvalue weighted by atomic mass is 10.1. The Morgan fingerprint density at radius 3 is 2.77 bits per heavy atom. The Bertz CT molecular complexity index is 1160. The first-order valence-electron chi connectivity index (χ1n) is 9.71. The fourth-order valence-electron chi connectivity index (χ4n) is 4.01. The summed E-state index contributed by atoms with van der Waals surface area (Å²) < 4.78 is 39.4. The lowest BCUT2D eigenvalue weighted by Gasteiger charge is -2.17. The third-order valence-electron chi connectivity index (χ3n) is 5.48. The molecule has 0 N–H and O–H groups in total.